The summed E-state index contributed by atoms with van der Waals surface area (Å²) in [4.78, 5) is 12.9. The molecular weight excluding hydrogens is 452 g/mol. The van der Waals surface area contributed by atoms with Crippen molar-refractivity contribution in [3.8, 4) is 11.5 Å². The predicted octanol–water partition coefficient (Wildman–Crippen LogP) is 4.35. The highest BCUT2D eigenvalue weighted by Gasteiger charge is 2.30. The monoisotopic (exact) mass is 482 g/mol. The van der Waals surface area contributed by atoms with Crippen molar-refractivity contribution in [1.29, 1.82) is 0 Å². The number of nitrogens with one attached hydrogen (secondary N) is 1. The van der Waals surface area contributed by atoms with Crippen LogP contribution in [0, 0.1) is 11.8 Å². The summed E-state index contributed by atoms with van der Waals surface area (Å²) >= 11 is 5.99. The highest BCUT2D eigenvalue weighted by molar-refractivity contribution is 7.92. The first-order chi connectivity index (χ1) is 15.0. The molecule has 0 aliphatic heterocycles. The Balaban J connectivity index is 2.47. The van der Waals surface area contributed by atoms with Gasteiger partial charge in [0.1, 0.15) is 6.54 Å². The van der Waals surface area contributed by atoms with E-state index in [2.05, 4.69) is 5.32 Å². The van der Waals surface area contributed by atoms with Crippen molar-refractivity contribution in [3.63, 3.8) is 0 Å². The number of rotatable bonds is 10. The fourth-order valence-electron chi connectivity index (χ4n) is 3.49. The average Bonchev–Trinajstić information content (AvgIpc) is 2.75. The molecule has 2 rings (SSSR count). The summed E-state index contributed by atoms with van der Waals surface area (Å²) in [6.07, 6.45) is 0. The maximum atomic E-state index is 13.6. The second-order valence-electron chi connectivity index (χ2n) is 8.09. The first kappa shape index (κ1) is 25.8. The molecule has 2 aromatic rings. The van der Waals surface area contributed by atoms with Crippen molar-refractivity contribution >= 4 is 33.2 Å². The lowest BCUT2D eigenvalue weighted by Crippen LogP contribution is -2.47. The van der Waals surface area contributed by atoms with Crippen LogP contribution in [-0.2, 0) is 14.8 Å². The molecule has 0 fully saturated rings. The number of hydrogen-bond donors (Lipinski definition) is 1. The van der Waals surface area contributed by atoms with Crippen LogP contribution in [0.15, 0.2) is 47.4 Å². The van der Waals surface area contributed by atoms with E-state index in [9.17, 15) is 13.2 Å². The zero-order valence-corrected chi connectivity index (χ0v) is 20.8. The van der Waals surface area contributed by atoms with Gasteiger partial charge in [0.25, 0.3) is 10.0 Å². The van der Waals surface area contributed by atoms with Crippen LogP contribution >= 0.6 is 11.6 Å². The summed E-state index contributed by atoms with van der Waals surface area (Å²) in [5.74, 6) is 0.680. The summed E-state index contributed by atoms with van der Waals surface area (Å²) in [7, 11) is -1.21. The van der Waals surface area contributed by atoms with Gasteiger partial charge < -0.3 is 14.8 Å². The third kappa shape index (κ3) is 6.07. The molecule has 0 bridgehead atoms. The number of halogens is 1. The number of benzene rings is 2. The Morgan fingerprint density at radius 3 is 2.03 bits per heavy atom. The van der Waals surface area contributed by atoms with Gasteiger partial charge in [0.05, 0.1) is 24.8 Å². The number of methoxy groups -OCH3 is 2. The molecule has 0 radical (unpaired) electrons. The third-order valence-electron chi connectivity index (χ3n) is 5.11. The number of hydrogen-bond acceptors (Lipinski definition) is 5. The summed E-state index contributed by atoms with van der Waals surface area (Å²) in [6.45, 7) is 7.68. The van der Waals surface area contributed by atoms with Crippen LogP contribution in [0.1, 0.15) is 27.7 Å². The molecule has 0 atom stereocenters. The van der Waals surface area contributed by atoms with E-state index in [4.69, 9.17) is 21.1 Å². The Labute approximate surface area is 195 Å². The average molecular weight is 483 g/mol. The molecule has 0 aliphatic carbocycles. The Morgan fingerprint density at radius 1 is 0.969 bits per heavy atom. The fourth-order valence-corrected chi connectivity index (χ4v) is 5.05. The van der Waals surface area contributed by atoms with E-state index < -0.39 is 15.9 Å². The Kier molecular flexibility index (Phi) is 8.81. The number of carbonyl (C=O) groups excluding carboxylic acids is 1. The van der Waals surface area contributed by atoms with Crippen molar-refractivity contribution in [1.82, 2.24) is 5.32 Å². The maximum Gasteiger partial charge on any atom is 0.264 e. The molecule has 0 unspecified atom stereocenters. The van der Waals surface area contributed by atoms with Gasteiger partial charge in [-0.15, -0.1) is 0 Å². The Hall–Kier alpha value is -2.45. The molecule has 0 saturated heterocycles. The zero-order chi connectivity index (χ0) is 24.1. The second-order valence-corrected chi connectivity index (χ2v) is 10.4. The van der Waals surface area contributed by atoms with Gasteiger partial charge in [-0.1, -0.05) is 39.3 Å². The number of nitrogens with zero attached hydrogens (tertiary/aromatic N) is 1. The molecule has 9 heteroatoms. The molecule has 7 nitrogen and oxygen atoms in total. The van der Waals surface area contributed by atoms with Crippen LogP contribution in [0.4, 0.5) is 5.69 Å². The van der Waals surface area contributed by atoms with Crippen molar-refractivity contribution in [2.24, 2.45) is 11.8 Å². The maximum absolute atomic E-state index is 13.6. The van der Waals surface area contributed by atoms with E-state index in [1.807, 2.05) is 27.7 Å². The molecule has 0 aliphatic rings. The fraction of sp³-hybridized carbons (Fsp3) is 0.435. The van der Waals surface area contributed by atoms with Gasteiger partial charge in [-0.05, 0) is 48.2 Å². The van der Waals surface area contributed by atoms with Crippen molar-refractivity contribution in [2.45, 2.75) is 38.6 Å². The smallest absolute Gasteiger partial charge is 0.264 e. The van der Waals surface area contributed by atoms with Gasteiger partial charge in [-0.25, -0.2) is 8.42 Å². The minimum absolute atomic E-state index is 0.0258. The van der Waals surface area contributed by atoms with Crippen molar-refractivity contribution in [3.05, 3.63) is 47.5 Å². The van der Waals surface area contributed by atoms with E-state index in [0.717, 1.165) is 4.31 Å². The SMILES string of the molecule is COc1ccc(S(=O)(=O)N(CC(=O)NC(C(C)C)C(C)C)c2ccc(Cl)cc2)cc1OC. The molecule has 0 heterocycles. The number of ether oxygens (including phenoxy) is 2. The molecular formula is C23H31ClN2O5S. The van der Waals surface area contributed by atoms with Gasteiger partial charge >= 0.3 is 0 Å². The van der Waals surface area contributed by atoms with E-state index in [0.29, 0.717) is 16.5 Å². The summed E-state index contributed by atoms with van der Waals surface area (Å²) < 4.78 is 38.7. The quantitative estimate of drug-likeness (QED) is 0.544. The van der Waals surface area contributed by atoms with Crippen LogP contribution in [0.5, 0.6) is 11.5 Å². The number of amides is 1. The highest BCUT2D eigenvalue weighted by Crippen LogP contribution is 2.32. The lowest BCUT2D eigenvalue weighted by atomic mass is 9.93. The van der Waals surface area contributed by atoms with Crippen LogP contribution in [-0.4, -0.2) is 41.1 Å². The van der Waals surface area contributed by atoms with Gasteiger partial charge in [0.15, 0.2) is 11.5 Å². The largest absolute Gasteiger partial charge is 0.493 e. The van der Waals surface area contributed by atoms with E-state index in [-0.39, 0.29) is 35.1 Å². The molecule has 0 spiro atoms. The molecule has 1 amide bonds. The topological polar surface area (TPSA) is 84.9 Å². The molecule has 0 aromatic heterocycles. The molecule has 2 aromatic carbocycles. The first-order valence-corrected chi connectivity index (χ1v) is 12.1. The first-order valence-electron chi connectivity index (χ1n) is 10.3. The minimum atomic E-state index is -4.10. The molecule has 1 N–H and O–H groups in total. The summed E-state index contributed by atoms with van der Waals surface area (Å²) in [5, 5.41) is 3.44. The van der Waals surface area contributed by atoms with Gasteiger partial charge in [-0.3, -0.25) is 9.10 Å². The van der Waals surface area contributed by atoms with Crippen LogP contribution in [0.2, 0.25) is 5.02 Å². The minimum Gasteiger partial charge on any atom is -0.493 e. The van der Waals surface area contributed by atoms with Gasteiger partial charge in [0, 0.05) is 17.1 Å². The van der Waals surface area contributed by atoms with Crippen LogP contribution in [0.3, 0.4) is 0 Å². The number of anilines is 1. The third-order valence-corrected chi connectivity index (χ3v) is 7.13. The zero-order valence-electron chi connectivity index (χ0n) is 19.3. The highest BCUT2D eigenvalue weighted by atomic mass is 35.5. The summed E-state index contributed by atoms with van der Waals surface area (Å²) in [5.41, 5.74) is 0.324. The van der Waals surface area contributed by atoms with Crippen molar-refractivity contribution < 1.29 is 22.7 Å². The van der Waals surface area contributed by atoms with Crippen LogP contribution in [0.25, 0.3) is 0 Å². The molecule has 176 valence electrons. The standard InChI is InChI=1S/C23H31ClN2O5S/c1-15(2)23(16(3)4)25-22(27)14-26(18-9-7-17(24)8-10-18)32(28,29)19-11-12-20(30-5)21(13-19)31-6/h7-13,15-16,23H,14H2,1-6H3,(H,25,27). The van der Waals surface area contributed by atoms with E-state index >= 15 is 0 Å². The van der Waals surface area contributed by atoms with Crippen molar-refractivity contribution in [2.75, 3.05) is 25.1 Å². The number of sulfonamides is 1. The van der Waals surface area contributed by atoms with Gasteiger partial charge in [0.2, 0.25) is 5.91 Å². The normalized spacial score (nSPS) is 11.7. The lowest BCUT2D eigenvalue weighted by Gasteiger charge is -2.29. The lowest BCUT2D eigenvalue weighted by molar-refractivity contribution is -0.121. The van der Waals surface area contributed by atoms with Crippen LogP contribution < -0.4 is 19.1 Å². The van der Waals surface area contributed by atoms with E-state index in [1.54, 1.807) is 24.3 Å². The Morgan fingerprint density at radius 2 is 1.53 bits per heavy atom. The molecule has 0 saturated carbocycles. The second kappa shape index (κ2) is 10.9. The Bertz CT molecular complexity index is 1020. The van der Waals surface area contributed by atoms with Gasteiger partial charge in [-0.2, -0.15) is 0 Å². The van der Waals surface area contributed by atoms with E-state index in [1.165, 1.54) is 32.4 Å². The summed E-state index contributed by atoms with van der Waals surface area (Å²) in [6, 6.07) is 10.5. The molecule has 32 heavy (non-hydrogen) atoms. The predicted molar refractivity (Wildman–Crippen MR) is 127 cm³/mol. The number of carbonyl (C=O) groups is 1.